The summed E-state index contributed by atoms with van der Waals surface area (Å²) in [5, 5.41) is 3.64. The van der Waals surface area contributed by atoms with Crippen LogP contribution in [0.3, 0.4) is 0 Å². The Bertz CT molecular complexity index is 1520. The van der Waals surface area contributed by atoms with Crippen LogP contribution in [0.4, 0.5) is 5.82 Å². The lowest BCUT2D eigenvalue weighted by molar-refractivity contribution is 0.0950. The van der Waals surface area contributed by atoms with Gasteiger partial charge in [0, 0.05) is 54.0 Å². The fourth-order valence-corrected chi connectivity index (χ4v) is 4.66. The van der Waals surface area contributed by atoms with Gasteiger partial charge in [0.1, 0.15) is 5.82 Å². The zero-order chi connectivity index (χ0) is 24.5. The quantitative estimate of drug-likeness (QED) is 0.438. The molecule has 0 aliphatic carbocycles. The molecule has 0 saturated carbocycles. The number of aryl methyl sites for hydroxylation is 2. The third-order valence-electron chi connectivity index (χ3n) is 5.46. The number of carbonyl (C=O) groups excluding carboxylic acids is 1. The Morgan fingerprint density at radius 2 is 1.85 bits per heavy atom. The molecule has 0 aliphatic rings. The molecule has 3 aromatic heterocycles. The number of fused-ring (bicyclic) bond motifs is 1. The maximum Gasteiger partial charge on any atom is 0.251 e. The predicted molar refractivity (Wildman–Crippen MR) is 131 cm³/mol. The van der Waals surface area contributed by atoms with E-state index in [1.807, 2.05) is 32.0 Å². The molecule has 174 valence electrons. The van der Waals surface area contributed by atoms with Crippen molar-refractivity contribution in [1.82, 2.24) is 20.3 Å². The van der Waals surface area contributed by atoms with E-state index >= 15 is 0 Å². The van der Waals surface area contributed by atoms with E-state index in [1.54, 1.807) is 36.7 Å². The molecule has 1 aromatic carbocycles. The van der Waals surface area contributed by atoms with Crippen molar-refractivity contribution in [3.63, 3.8) is 0 Å². The van der Waals surface area contributed by atoms with Gasteiger partial charge in [-0.15, -0.1) is 0 Å². The second-order valence-electron chi connectivity index (χ2n) is 8.33. The number of rotatable bonds is 6. The van der Waals surface area contributed by atoms with Crippen LogP contribution in [0.1, 0.15) is 38.4 Å². The SMILES string of the molecule is Cc1cnc2c(S(C)(=O)=O)cc(Cc3cc(C(=O)NCc4ccc(N)nc4C)ccn3)cc2c1. The normalized spacial score (nSPS) is 11.5. The summed E-state index contributed by atoms with van der Waals surface area (Å²) in [6.45, 7) is 4.07. The van der Waals surface area contributed by atoms with Gasteiger partial charge in [-0.05, 0) is 66.9 Å². The van der Waals surface area contributed by atoms with Crippen molar-refractivity contribution in [2.75, 3.05) is 12.0 Å². The second kappa shape index (κ2) is 9.18. The lowest BCUT2D eigenvalue weighted by Gasteiger charge is -2.11. The molecule has 0 atom stereocenters. The molecule has 0 fully saturated rings. The summed E-state index contributed by atoms with van der Waals surface area (Å²) in [6, 6.07) is 12.3. The largest absolute Gasteiger partial charge is 0.384 e. The minimum atomic E-state index is -3.48. The van der Waals surface area contributed by atoms with Gasteiger partial charge in [-0.2, -0.15) is 0 Å². The molecule has 9 heteroatoms. The Hall–Kier alpha value is -3.85. The summed E-state index contributed by atoms with van der Waals surface area (Å²) in [4.78, 5) is 25.8. The van der Waals surface area contributed by atoms with Gasteiger partial charge in [0.25, 0.3) is 5.91 Å². The summed E-state index contributed by atoms with van der Waals surface area (Å²) in [5.74, 6) is 0.194. The Kier molecular flexibility index (Phi) is 6.30. The molecule has 0 aliphatic heterocycles. The first-order valence-electron chi connectivity index (χ1n) is 10.6. The van der Waals surface area contributed by atoms with Gasteiger partial charge in [-0.1, -0.05) is 6.07 Å². The third-order valence-corrected chi connectivity index (χ3v) is 6.57. The number of nitrogen functional groups attached to an aromatic ring is 1. The summed E-state index contributed by atoms with van der Waals surface area (Å²) >= 11 is 0. The molecule has 0 bridgehead atoms. The van der Waals surface area contributed by atoms with Crippen LogP contribution in [0.2, 0.25) is 0 Å². The van der Waals surface area contributed by atoms with Crippen molar-refractivity contribution >= 4 is 32.5 Å². The number of hydrogen-bond donors (Lipinski definition) is 2. The molecule has 1 amide bonds. The lowest BCUT2D eigenvalue weighted by Crippen LogP contribution is -2.23. The summed E-state index contributed by atoms with van der Waals surface area (Å²) in [5.41, 5.74) is 10.6. The number of hydrogen-bond acceptors (Lipinski definition) is 7. The molecule has 8 nitrogen and oxygen atoms in total. The number of carbonyl (C=O) groups is 1. The molecule has 0 unspecified atom stereocenters. The maximum atomic E-state index is 12.7. The number of sulfone groups is 1. The van der Waals surface area contributed by atoms with E-state index in [1.165, 1.54) is 6.26 Å². The van der Waals surface area contributed by atoms with Crippen LogP contribution in [-0.2, 0) is 22.8 Å². The van der Waals surface area contributed by atoms with E-state index in [-0.39, 0.29) is 10.8 Å². The van der Waals surface area contributed by atoms with Crippen LogP contribution in [0, 0.1) is 13.8 Å². The molecule has 0 spiro atoms. The van der Waals surface area contributed by atoms with Crippen LogP contribution in [0.5, 0.6) is 0 Å². The second-order valence-corrected chi connectivity index (χ2v) is 10.3. The van der Waals surface area contributed by atoms with Gasteiger partial charge in [-0.3, -0.25) is 14.8 Å². The number of pyridine rings is 3. The topological polar surface area (TPSA) is 128 Å². The van der Waals surface area contributed by atoms with Crippen LogP contribution in [0.25, 0.3) is 10.9 Å². The molecule has 3 N–H and O–H groups in total. The van der Waals surface area contributed by atoms with E-state index in [2.05, 4.69) is 20.3 Å². The molecule has 0 radical (unpaired) electrons. The molecule has 0 saturated heterocycles. The first kappa shape index (κ1) is 23.3. The van der Waals surface area contributed by atoms with E-state index in [0.717, 1.165) is 27.8 Å². The van der Waals surface area contributed by atoms with Gasteiger partial charge in [0.15, 0.2) is 9.84 Å². The number of anilines is 1. The van der Waals surface area contributed by atoms with Crippen LogP contribution >= 0.6 is 0 Å². The molecule has 4 rings (SSSR count). The fraction of sp³-hybridized carbons (Fsp3) is 0.200. The van der Waals surface area contributed by atoms with Crippen molar-refractivity contribution in [2.45, 2.75) is 31.7 Å². The highest BCUT2D eigenvalue weighted by atomic mass is 32.2. The summed E-state index contributed by atoms with van der Waals surface area (Å²) in [7, 11) is -3.48. The Morgan fingerprint density at radius 1 is 1.06 bits per heavy atom. The average molecular weight is 476 g/mol. The van der Waals surface area contributed by atoms with Crippen molar-refractivity contribution in [3.05, 3.63) is 88.5 Å². The van der Waals surface area contributed by atoms with Gasteiger partial charge < -0.3 is 11.1 Å². The number of benzene rings is 1. The number of nitrogens with one attached hydrogen (secondary N) is 1. The Morgan fingerprint density at radius 3 is 2.59 bits per heavy atom. The number of amides is 1. The number of aromatic nitrogens is 3. The Balaban J connectivity index is 1.58. The molecule has 3 heterocycles. The molecule has 4 aromatic rings. The number of nitrogens with two attached hydrogens (primary N) is 1. The zero-order valence-electron chi connectivity index (χ0n) is 19.2. The molecule has 34 heavy (non-hydrogen) atoms. The van der Waals surface area contributed by atoms with Crippen LogP contribution in [0.15, 0.2) is 59.8 Å². The van der Waals surface area contributed by atoms with Crippen molar-refractivity contribution < 1.29 is 13.2 Å². The monoisotopic (exact) mass is 475 g/mol. The zero-order valence-corrected chi connectivity index (χ0v) is 20.0. The highest BCUT2D eigenvalue weighted by molar-refractivity contribution is 7.91. The van der Waals surface area contributed by atoms with E-state index < -0.39 is 9.84 Å². The van der Waals surface area contributed by atoms with E-state index in [0.29, 0.717) is 35.6 Å². The van der Waals surface area contributed by atoms with Gasteiger partial charge >= 0.3 is 0 Å². The summed E-state index contributed by atoms with van der Waals surface area (Å²) < 4.78 is 24.8. The molecular weight excluding hydrogens is 450 g/mol. The van der Waals surface area contributed by atoms with Crippen molar-refractivity contribution in [1.29, 1.82) is 0 Å². The summed E-state index contributed by atoms with van der Waals surface area (Å²) in [6.07, 6.45) is 4.77. The molecular formula is C25H25N5O3S. The first-order chi connectivity index (χ1) is 16.1. The van der Waals surface area contributed by atoms with E-state index in [4.69, 9.17) is 5.73 Å². The lowest BCUT2D eigenvalue weighted by atomic mass is 10.0. The smallest absolute Gasteiger partial charge is 0.251 e. The van der Waals surface area contributed by atoms with Crippen LogP contribution in [-0.4, -0.2) is 35.5 Å². The maximum absolute atomic E-state index is 12.7. The highest BCUT2D eigenvalue weighted by Crippen LogP contribution is 2.25. The minimum absolute atomic E-state index is 0.182. The van der Waals surface area contributed by atoms with Gasteiger partial charge in [-0.25, -0.2) is 13.4 Å². The predicted octanol–water partition coefficient (Wildman–Crippen LogP) is 3.15. The van der Waals surface area contributed by atoms with Crippen molar-refractivity contribution in [3.8, 4) is 0 Å². The van der Waals surface area contributed by atoms with E-state index in [9.17, 15) is 13.2 Å². The number of nitrogens with zero attached hydrogens (tertiary/aromatic N) is 3. The fourth-order valence-electron chi connectivity index (χ4n) is 3.77. The van der Waals surface area contributed by atoms with Crippen molar-refractivity contribution in [2.24, 2.45) is 0 Å². The standard InChI is InChI=1S/C25H25N5O3S/c1-15-8-20-9-17(11-22(34(3,32)33)24(20)28-13-15)10-21-12-18(6-7-27-21)25(31)29-14-19-4-5-23(26)30-16(19)2/h4-9,11-13H,10,14H2,1-3H3,(H2,26,30)(H,29,31). The highest BCUT2D eigenvalue weighted by Gasteiger charge is 2.16. The van der Waals surface area contributed by atoms with Gasteiger partial charge in [0.2, 0.25) is 0 Å². The third kappa shape index (κ3) is 5.20. The minimum Gasteiger partial charge on any atom is -0.384 e. The average Bonchev–Trinajstić information content (AvgIpc) is 2.77. The first-order valence-corrected chi connectivity index (χ1v) is 12.5. The van der Waals surface area contributed by atoms with Crippen LogP contribution < -0.4 is 11.1 Å². The van der Waals surface area contributed by atoms with Gasteiger partial charge in [0.05, 0.1) is 10.4 Å². The Labute approximate surface area is 198 Å².